The smallest absolute Gasteiger partial charge is 0.220 e. The lowest BCUT2D eigenvalue weighted by Crippen LogP contribution is -2.60. The normalized spacial score (nSPS) is 22.5. The fourth-order valence-electron chi connectivity index (χ4n) is 3.50. The number of carbonyl (C=O) groups is 1. The number of aromatic nitrogens is 2. The highest BCUT2D eigenvalue weighted by atomic mass is 16.1. The second-order valence-electron chi connectivity index (χ2n) is 8.54. The van der Waals surface area contributed by atoms with E-state index in [0.29, 0.717) is 18.5 Å². The first kappa shape index (κ1) is 18.1. The average molecular weight is 345 g/mol. The van der Waals surface area contributed by atoms with Crippen molar-refractivity contribution in [3.63, 3.8) is 0 Å². The zero-order valence-corrected chi connectivity index (χ0v) is 16.0. The van der Waals surface area contributed by atoms with E-state index in [1.54, 1.807) is 0 Å². The topological polar surface area (TPSA) is 61.4 Å². The van der Waals surface area contributed by atoms with Crippen molar-refractivity contribution in [1.29, 1.82) is 0 Å². The Morgan fingerprint density at radius 3 is 2.64 bits per heavy atom. The molecule has 138 valence electrons. The van der Waals surface area contributed by atoms with Crippen LogP contribution in [-0.2, 0) is 10.2 Å². The lowest BCUT2D eigenvalue weighted by atomic mass is 9.92. The van der Waals surface area contributed by atoms with Crippen LogP contribution in [0.1, 0.15) is 52.1 Å². The molecule has 0 saturated carbocycles. The summed E-state index contributed by atoms with van der Waals surface area (Å²) >= 11 is 0. The molecule has 2 aliphatic heterocycles. The monoisotopic (exact) mass is 345 g/mol. The molecule has 2 fully saturated rings. The van der Waals surface area contributed by atoms with Gasteiger partial charge in [0.2, 0.25) is 5.91 Å². The summed E-state index contributed by atoms with van der Waals surface area (Å²) in [7, 11) is 2.16. The van der Waals surface area contributed by atoms with Gasteiger partial charge in [-0.25, -0.2) is 0 Å². The van der Waals surface area contributed by atoms with Crippen LogP contribution in [0.4, 0.5) is 5.82 Å². The number of rotatable bonds is 4. The zero-order chi connectivity index (χ0) is 18.0. The lowest BCUT2D eigenvalue weighted by molar-refractivity contribution is -0.121. The van der Waals surface area contributed by atoms with Gasteiger partial charge in [-0.1, -0.05) is 27.2 Å². The molecule has 6 heteroatoms. The molecule has 3 heterocycles. The SMILES string of the molecule is CN(CC1CCCCC(=O)N1)C1CN(c2ccc(C(C)(C)C)nn2)C1. The number of hydrogen-bond donors (Lipinski definition) is 1. The van der Waals surface area contributed by atoms with Crippen molar-refractivity contribution < 1.29 is 4.79 Å². The molecule has 3 rings (SSSR count). The molecule has 6 nitrogen and oxygen atoms in total. The van der Waals surface area contributed by atoms with Crippen LogP contribution < -0.4 is 10.2 Å². The van der Waals surface area contributed by atoms with E-state index >= 15 is 0 Å². The minimum absolute atomic E-state index is 0.0341. The number of anilines is 1. The summed E-state index contributed by atoms with van der Waals surface area (Å²) < 4.78 is 0. The molecule has 0 radical (unpaired) electrons. The number of likely N-dealkylation sites (N-methyl/N-ethyl adjacent to an activating group) is 1. The molecule has 1 unspecified atom stereocenters. The molecule has 0 aromatic carbocycles. The fourth-order valence-corrected chi connectivity index (χ4v) is 3.50. The highest BCUT2D eigenvalue weighted by Crippen LogP contribution is 2.24. The molecule has 1 amide bonds. The van der Waals surface area contributed by atoms with Crippen LogP contribution in [0.3, 0.4) is 0 Å². The van der Waals surface area contributed by atoms with Crippen molar-refractivity contribution in [2.24, 2.45) is 0 Å². The predicted molar refractivity (Wildman–Crippen MR) is 99.8 cm³/mol. The molecule has 1 aromatic rings. The van der Waals surface area contributed by atoms with Crippen molar-refractivity contribution in [3.05, 3.63) is 17.8 Å². The number of nitrogens with one attached hydrogen (secondary N) is 1. The standard InChI is InChI=1S/C19H31N5O/c1-19(2,3)16-9-10-17(22-21-16)24-12-15(13-24)23(4)11-14-7-5-6-8-18(25)20-14/h9-10,14-15H,5-8,11-13H2,1-4H3,(H,20,25). The van der Waals surface area contributed by atoms with Crippen LogP contribution in [0.25, 0.3) is 0 Å². The Morgan fingerprint density at radius 2 is 2.00 bits per heavy atom. The Balaban J connectivity index is 1.49. The van der Waals surface area contributed by atoms with E-state index < -0.39 is 0 Å². The van der Waals surface area contributed by atoms with Gasteiger partial charge < -0.3 is 10.2 Å². The van der Waals surface area contributed by atoms with Gasteiger partial charge in [-0.2, -0.15) is 5.10 Å². The second-order valence-corrected chi connectivity index (χ2v) is 8.54. The number of amides is 1. The third kappa shape index (κ3) is 4.48. The minimum Gasteiger partial charge on any atom is -0.352 e. The van der Waals surface area contributed by atoms with E-state index in [2.05, 4.69) is 65.3 Å². The van der Waals surface area contributed by atoms with Crippen molar-refractivity contribution in [2.75, 3.05) is 31.6 Å². The van der Waals surface area contributed by atoms with Gasteiger partial charge in [0.1, 0.15) is 0 Å². The molecule has 2 aliphatic rings. The molecule has 0 aliphatic carbocycles. The maximum Gasteiger partial charge on any atom is 0.220 e. The summed E-state index contributed by atoms with van der Waals surface area (Å²) in [6.45, 7) is 9.33. The van der Waals surface area contributed by atoms with Crippen LogP contribution in [0, 0.1) is 0 Å². The number of hydrogen-bond acceptors (Lipinski definition) is 5. The zero-order valence-electron chi connectivity index (χ0n) is 16.0. The third-order valence-corrected chi connectivity index (χ3v) is 5.31. The van der Waals surface area contributed by atoms with Gasteiger partial charge in [0.15, 0.2) is 5.82 Å². The quantitative estimate of drug-likeness (QED) is 0.904. The Labute approximate surface area is 151 Å². The first-order valence-corrected chi connectivity index (χ1v) is 9.41. The van der Waals surface area contributed by atoms with Gasteiger partial charge in [0, 0.05) is 43.6 Å². The third-order valence-electron chi connectivity index (χ3n) is 5.31. The Morgan fingerprint density at radius 1 is 1.24 bits per heavy atom. The maximum absolute atomic E-state index is 11.7. The van der Waals surface area contributed by atoms with Gasteiger partial charge in [0.25, 0.3) is 0 Å². The largest absolute Gasteiger partial charge is 0.352 e. The lowest BCUT2D eigenvalue weighted by Gasteiger charge is -2.45. The van der Waals surface area contributed by atoms with E-state index in [4.69, 9.17) is 0 Å². The summed E-state index contributed by atoms with van der Waals surface area (Å²) in [6, 6.07) is 4.97. The molecule has 2 saturated heterocycles. The van der Waals surface area contributed by atoms with Crippen LogP contribution in [0.5, 0.6) is 0 Å². The van der Waals surface area contributed by atoms with E-state index in [9.17, 15) is 4.79 Å². The molecule has 0 bridgehead atoms. The maximum atomic E-state index is 11.7. The molecule has 25 heavy (non-hydrogen) atoms. The fraction of sp³-hybridized carbons (Fsp3) is 0.737. The van der Waals surface area contributed by atoms with E-state index in [0.717, 1.165) is 50.4 Å². The van der Waals surface area contributed by atoms with Crippen LogP contribution in [0.15, 0.2) is 12.1 Å². The van der Waals surface area contributed by atoms with Gasteiger partial charge in [-0.3, -0.25) is 9.69 Å². The van der Waals surface area contributed by atoms with Crippen molar-refractivity contribution in [1.82, 2.24) is 20.4 Å². The Kier molecular flexibility index (Phi) is 5.27. The minimum atomic E-state index is 0.0341. The number of carbonyl (C=O) groups excluding carboxylic acids is 1. The van der Waals surface area contributed by atoms with E-state index in [1.807, 2.05) is 0 Å². The van der Waals surface area contributed by atoms with Crippen molar-refractivity contribution in [2.45, 2.75) is 64.0 Å². The predicted octanol–water partition coefficient (Wildman–Crippen LogP) is 1.95. The Hall–Kier alpha value is -1.69. The number of nitrogens with zero attached hydrogens (tertiary/aromatic N) is 4. The molecular weight excluding hydrogens is 314 g/mol. The highest BCUT2D eigenvalue weighted by Gasteiger charge is 2.32. The summed E-state index contributed by atoms with van der Waals surface area (Å²) in [5.41, 5.74) is 1.06. The first-order valence-electron chi connectivity index (χ1n) is 9.41. The van der Waals surface area contributed by atoms with Gasteiger partial charge in [-0.05, 0) is 32.0 Å². The van der Waals surface area contributed by atoms with Crippen molar-refractivity contribution >= 4 is 11.7 Å². The van der Waals surface area contributed by atoms with Gasteiger partial charge in [0.05, 0.1) is 5.69 Å². The summed E-state index contributed by atoms with van der Waals surface area (Å²) in [5, 5.41) is 11.9. The summed E-state index contributed by atoms with van der Waals surface area (Å²) in [6.07, 6.45) is 3.93. The summed E-state index contributed by atoms with van der Waals surface area (Å²) in [5.74, 6) is 1.17. The molecule has 0 spiro atoms. The van der Waals surface area contributed by atoms with Crippen molar-refractivity contribution in [3.8, 4) is 0 Å². The second kappa shape index (κ2) is 7.28. The van der Waals surface area contributed by atoms with E-state index in [-0.39, 0.29) is 11.3 Å². The highest BCUT2D eigenvalue weighted by molar-refractivity contribution is 5.76. The molecule has 1 N–H and O–H groups in total. The van der Waals surface area contributed by atoms with Gasteiger partial charge in [-0.15, -0.1) is 5.10 Å². The van der Waals surface area contributed by atoms with Crippen LogP contribution in [0.2, 0.25) is 0 Å². The first-order chi connectivity index (χ1) is 11.8. The molecular formula is C19H31N5O. The van der Waals surface area contributed by atoms with Crippen LogP contribution >= 0.6 is 0 Å². The molecule has 1 aromatic heterocycles. The van der Waals surface area contributed by atoms with E-state index in [1.165, 1.54) is 0 Å². The van der Waals surface area contributed by atoms with Crippen LogP contribution in [-0.4, -0.2) is 59.8 Å². The summed E-state index contributed by atoms with van der Waals surface area (Å²) in [4.78, 5) is 16.4. The molecule has 1 atom stereocenters. The average Bonchev–Trinajstić information content (AvgIpc) is 2.69. The Bertz CT molecular complexity index is 589. The van der Waals surface area contributed by atoms with Gasteiger partial charge >= 0.3 is 0 Å².